The van der Waals surface area contributed by atoms with Crippen molar-refractivity contribution < 1.29 is 13.9 Å². The van der Waals surface area contributed by atoms with Gasteiger partial charge in [-0.05, 0) is 25.1 Å². The topological polar surface area (TPSA) is 50.1 Å². The lowest BCUT2D eigenvalue weighted by atomic mass is 10.2. The van der Waals surface area contributed by atoms with Gasteiger partial charge in [0.2, 0.25) is 0 Å². The first-order chi connectivity index (χ1) is 8.10. The Bertz CT molecular complexity index is 498. The van der Waals surface area contributed by atoms with E-state index in [4.69, 9.17) is 10.00 Å². The molecule has 0 aromatic heterocycles. The van der Waals surface area contributed by atoms with E-state index in [9.17, 15) is 9.18 Å². The van der Waals surface area contributed by atoms with Crippen molar-refractivity contribution in [2.24, 2.45) is 0 Å². The van der Waals surface area contributed by atoms with Gasteiger partial charge < -0.3 is 4.74 Å². The van der Waals surface area contributed by atoms with E-state index in [1.165, 1.54) is 18.2 Å². The van der Waals surface area contributed by atoms with Crippen LogP contribution in [0.4, 0.5) is 4.39 Å². The van der Waals surface area contributed by atoms with Gasteiger partial charge in [-0.1, -0.05) is 0 Å². The molecule has 1 saturated heterocycles. The van der Waals surface area contributed by atoms with Gasteiger partial charge in [-0.25, -0.2) is 4.39 Å². The summed E-state index contributed by atoms with van der Waals surface area (Å²) in [6.07, 6.45) is 0.476. The maximum Gasteiger partial charge on any atom is 0.319 e. The molecule has 0 bridgehead atoms. The number of carbonyl (C=O) groups excluding carboxylic acids is 1. The van der Waals surface area contributed by atoms with Crippen LogP contribution in [0.15, 0.2) is 23.1 Å². The van der Waals surface area contributed by atoms with Gasteiger partial charge in [0.25, 0.3) is 0 Å². The van der Waals surface area contributed by atoms with E-state index in [0.717, 1.165) is 11.8 Å². The molecule has 1 aromatic carbocycles. The third-order valence-corrected chi connectivity index (χ3v) is 3.71. The molecule has 5 heteroatoms. The fourth-order valence-electron chi connectivity index (χ4n) is 1.64. The van der Waals surface area contributed by atoms with Gasteiger partial charge in [0.15, 0.2) is 0 Å². The number of halogens is 1. The Morgan fingerprint density at radius 2 is 2.35 bits per heavy atom. The Balaban J connectivity index is 2.14. The van der Waals surface area contributed by atoms with Gasteiger partial charge >= 0.3 is 5.97 Å². The summed E-state index contributed by atoms with van der Waals surface area (Å²) in [5.74, 6) is -0.771. The van der Waals surface area contributed by atoms with E-state index in [-0.39, 0.29) is 22.9 Å². The molecule has 17 heavy (non-hydrogen) atoms. The largest absolute Gasteiger partial charge is 0.462 e. The lowest BCUT2D eigenvalue weighted by Crippen LogP contribution is -2.09. The highest BCUT2D eigenvalue weighted by Crippen LogP contribution is 2.33. The predicted molar refractivity (Wildman–Crippen MR) is 60.9 cm³/mol. The molecule has 0 amide bonds. The highest BCUT2D eigenvalue weighted by molar-refractivity contribution is 8.00. The maximum absolute atomic E-state index is 13.6. The standard InChI is InChI=1S/C12H10FNO2S/c1-7-4-11(12(15)16-7)17-10-3-2-8(6-14)5-9(10)13/h2-3,5,7,11H,4H2,1H3/t7-,11+/m1/s1. The van der Waals surface area contributed by atoms with Crippen molar-refractivity contribution >= 4 is 17.7 Å². The average Bonchev–Trinajstić information content (AvgIpc) is 2.60. The van der Waals surface area contributed by atoms with Gasteiger partial charge in [0, 0.05) is 11.3 Å². The van der Waals surface area contributed by atoms with E-state index in [0.29, 0.717) is 11.3 Å². The predicted octanol–water partition coefficient (Wildman–Crippen LogP) is 2.49. The van der Waals surface area contributed by atoms with E-state index < -0.39 is 5.82 Å². The number of nitrogens with zero attached hydrogens (tertiary/aromatic N) is 1. The lowest BCUT2D eigenvalue weighted by molar-refractivity contribution is -0.140. The van der Waals surface area contributed by atoms with Crippen LogP contribution in [0.1, 0.15) is 18.9 Å². The third kappa shape index (κ3) is 2.59. The van der Waals surface area contributed by atoms with Crippen LogP contribution in [0.3, 0.4) is 0 Å². The van der Waals surface area contributed by atoms with Crippen molar-refractivity contribution in [3.63, 3.8) is 0 Å². The van der Waals surface area contributed by atoms with Crippen LogP contribution in [0, 0.1) is 17.1 Å². The van der Waals surface area contributed by atoms with E-state index >= 15 is 0 Å². The van der Waals surface area contributed by atoms with Crippen LogP contribution >= 0.6 is 11.8 Å². The molecular weight excluding hydrogens is 241 g/mol. The zero-order valence-corrected chi connectivity index (χ0v) is 9.96. The summed E-state index contributed by atoms with van der Waals surface area (Å²) in [5.41, 5.74) is 0.272. The molecule has 3 nitrogen and oxygen atoms in total. The second kappa shape index (κ2) is 4.76. The van der Waals surface area contributed by atoms with Crippen LogP contribution in [-0.2, 0) is 9.53 Å². The maximum atomic E-state index is 13.6. The first kappa shape index (κ1) is 11.9. The van der Waals surface area contributed by atoms with E-state index in [1.54, 1.807) is 0 Å². The number of carbonyl (C=O) groups is 1. The first-order valence-corrected chi connectivity index (χ1v) is 6.05. The number of cyclic esters (lactones) is 1. The van der Waals surface area contributed by atoms with Gasteiger partial charge in [0.1, 0.15) is 17.2 Å². The molecule has 2 atom stereocenters. The molecule has 0 radical (unpaired) electrons. The number of nitriles is 1. The highest BCUT2D eigenvalue weighted by atomic mass is 32.2. The van der Waals surface area contributed by atoms with Crippen LogP contribution < -0.4 is 0 Å². The number of ether oxygens (including phenoxy) is 1. The number of benzene rings is 1. The number of hydrogen-bond donors (Lipinski definition) is 0. The van der Waals surface area contributed by atoms with Gasteiger partial charge in [0.05, 0.1) is 11.6 Å². The second-order valence-electron chi connectivity index (χ2n) is 3.85. The molecular formula is C12H10FNO2S. The third-order valence-electron chi connectivity index (χ3n) is 2.46. The van der Waals surface area contributed by atoms with Gasteiger partial charge in [-0.3, -0.25) is 4.79 Å². The zero-order chi connectivity index (χ0) is 12.4. The number of esters is 1. The smallest absolute Gasteiger partial charge is 0.319 e. The number of rotatable bonds is 2. The SMILES string of the molecule is C[C@@H]1C[C@H](Sc2ccc(C#N)cc2F)C(=O)O1. The summed E-state index contributed by atoms with van der Waals surface area (Å²) in [7, 11) is 0. The molecule has 1 heterocycles. The molecule has 0 spiro atoms. The van der Waals surface area contributed by atoms with Crippen LogP contribution in [0.5, 0.6) is 0 Å². The van der Waals surface area contributed by atoms with Crippen molar-refractivity contribution in [1.82, 2.24) is 0 Å². The first-order valence-electron chi connectivity index (χ1n) is 5.17. The van der Waals surface area contributed by atoms with Crippen molar-refractivity contribution in [2.75, 3.05) is 0 Å². The summed E-state index contributed by atoms with van der Waals surface area (Å²) in [6, 6.07) is 6.10. The zero-order valence-electron chi connectivity index (χ0n) is 9.14. The van der Waals surface area contributed by atoms with Crippen LogP contribution in [-0.4, -0.2) is 17.3 Å². The second-order valence-corrected chi connectivity index (χ2v) is 5.09. The normalized spacial score (nSPS) is 23.2. The van der Waals surface area contributed by atoms with Gasteiger partial charge in [-0.15, -0.1) is 11.8 Å². The van der Waals surface area contributed by atoms with E-state index in [1.807, 2.05) is 13.0 Å². The Hall–Kier alpha value is -1.54. The number of thioether (sulfide) groups is 1. The van der Waals surface area contributed by atoms with E-state index in [2.05, 4.69) is 0 Å². The van der Waals surface area contributed by atoms with Crippen molar-refractivity contribution in [3.05, 3.63) is 29.6 Å². The fraction of sp³-hybridized carbons (Fsp3) is 0.333. The Morgan fingerprint density at radius 1 is 1.59 bits per heavy atom. The molecule has 88 valence electrons. The fourth-order valence-corrected chi connectivity index (χ4v) is 2.78. The summed E-state index contributed by atoms with van der Waals surface area (Å²) < 4.78 is 18.6. The van der Waals surface area contributed by atoms with Crippen LogP contribution in [0.25, 0.3) is 0 Å². The molecule has 2 rings (SSSR count). The molecule has 0 aliphatic carbocycles. The van der Waals surface area contributed by atoms with Gasteiger partial charge in [-0.2, -0.15) is 5.26 Å². The molecule has 0 saturated carbocycles. The minimum absolute atomic E-state index is 0.110. The molecule has 0 N–H and O–H groups in total. The molecule has 1 fully saturated rings. The van der Waals surface area contributed by atoms with Crippen molar-refractivity contribution in [1.29, 1.82) is 5.26 Å². The molecule has 1 aromatic rings. The van der Waals surface area contributed by atoms with Crippen molar-refractivity contribution in [2.45, 2.75) is 29.6 Å². The Labute approximate surface area is 103 Å². The molecule has 1 aliphatic rings. The minimum Gasteiger partial charge on any atom is -0.462 e. The summed E-state index contributed by atoms with van der Waals surface area (Å²) in [5, 5.41) is 8.26. The minimum atomic E-state index is -0.471. The van der Waals surface area contributed by atoms with Crippen molar-refractivity contribution in [3.8, 4) is 6.07 Å². The monoisotopic (exact) mass is 251 g/mol. The average molecular weight is 251 g/mol. The quantitative estimate of drug-likeness (QED) is 0.758. The summed E-state index contributed by atoms with van der Waals surface area (Å²) in [6.45, 7) is 1.81. The molecule has 0 unspecified atom stereocenters. The lowest BCUT2D eigenvalue weighted by Gasteiger charge is -2.06. The summed E-state index contributed by atoms with van der Waals surface area (Å²) >= 11 is 1.15. The Kier molecular flexibility index (Phi) is 3.34. The Morgan fingerprint density at radius 3 is 2.88 bits per heavy atom. The highest BCUT2D eigenvalue weighted by Gasteiger charge is 2.33. The summed E-state index contributed by atoms with van der Waals surface area (Å²) in [4.78, 5) is 11.8. The molecule has 1 aliphatic heterocycles. The van der Waals surface area contributed by atoms with Crippen LogP contribution in [0.2, 0.25) is 0 Å². The number of hydrogen-bond acceptors (Lipinski definition) is 4.